The first-order chi connectivity index (χ1) is 7.38. The van der Waals surface area contributed by atoms with Crippen molar-refractivity contribution < 1.29 is 9.53 Å². The fraction of sp³-hybridized carbons (Fsp3) is 0.417. The number of halogens is 1. The van der Waals surface area contributed by atoms with Crippen molar-refractivity contribution in [1.29, 1.82) is 0 Å². The van der Waals surface area contributed by atoms with Crippen molar-refractivity contribution in [1.82, 2.24) is 0 Å². The molecule has 0 radical (unpaired) electrons. The van der Waals surface area contributed by atoms with E-state index in [1.807, 2.05) is 18.2 Å². The zero-order chi connectivity index (χ0) is 12.2. The van der Waals surface area contributed by atoms with Crippen molar-refractivity contribution in [3.05, 3.63) is 34.9 Å². The molecular formula is C12H16ClNO2. The van der Waals surface area contributed by atoms with Crippen LogP contribution in [0, 0.1) is 0 Å². The van der Waals surface area contributed by atoms with Gasteiger partial charge in [0, 0.05) is 16.1 Å². The van der Waals surface area contributed by atoms with Gasteiger partial charge in [0.15, 0.2) is 0 Å². The van der Waals surface area contributed by atoms with Crippen LogP contribution in [0.5, 0.6) is 0 Å². The number of benzene rings is 1. The first-order valence-electron chi connectivity index (χ1n) is 5.06. The summed E-state index contributed by atoms with van der Waals surface area (Å²) in [7, 11) is 0. The van der Waals surface area contributed by atoms with Gasteiger partial charge in [0.1, 0.15) is 6.61 Å². The molecule has 0 aliphatic carbocycles. The summed E-state index contributed by atoms with van der Waals surface area (Å²) in [4.78, 5) is 11.4. The van der Waals surface area contributed by atoms with E-state index in [2.05, 4.69) is 0 Å². The molecule has 88 valence electrons. The zero-order valence-electron chi connectivity index (χ0n) is 9.50. The van der Waals surface area contributed by atoms with E-state index < -0.39 is 5.54 Å². The second kappa shape index (κ2) is 5.32. The average molecular weight is 242 g/mol. The summed E-state index contributed by atoms with van der Waals surface area (Å²) < 4.78 is 5.08. The van der Waals surface area contributed by atoms with Crippen molar-refractivity contribution in [3.8, 4) is 0 Å². The molecule has 0 saturated heterocycles. The fourth-order valence-corrected chi connectivity index (χ4v) is 1.39. The van der Waals surface area contributed by atoms with Crippen LogP contribution in [-0.4, -0.2) is 11.5 Å². The lowest BCUT2D eigenvalue weighted by molar-refractivity contribution is -0.146. The van der Waals surface area contributed by atoms with E-state index >= 15 is 0 Å². The number of carbonyl (C=O) groups excluding carboxylic acids is 1. The van der Waals surface area contributed by atoms with Gasteiger partial charge >= 0.3 is 5.97 Å². The van der Waals surface area contributed by atoms with Crippen molar-refractivity contribution in [2.24, 2.45) is 5.73 Å². The quantitative estimate of drug-likeness (QED) is 0.825. The minimum Gasteiger partial charge on any atom is -0.461 e. The van der Waals surface area contributed by atoms with E-state index in [0.29, 0.717) is 5.02 Å². The topological polar surface area (TPSA) is 52.3 Å². The molecule has 0 unspecified atom stereocenters. The smallest absolute Gasteiger partial charge is 0.307 e. The highest BCUT2D eigenvalue weighted by Gasteiger charge is 2.17. The van der Waals surface area contributed by atoms with Gasteiger partial charge in [-0.3, -0.25) is 4.79 Å². The molecule has 1 rings (SSSR count). The van der Waals surface area contributed by atoms with E-state index in [9.17, 15) is 4.79 Å². The summed E-state index contributed by atoms with van der Waals surface area (Å²) >= 11 is 5.92. The third-order valence-corrected chi connectivity index (χ3v) is 2.32. The summed E-state index contributed by atoms with van der Waals surface area (Å²) in [6.07, 6.45) is 0.192. The Balaban J connectivity index is 2.47. The molecule has 4 heteroatoms. The third-order valence-electron chi connectivity index (χ3n) is 1.95. The predicted molar refractivity (Wildman–Crippen MR) is 64.1 cm³/mol. The summed E-state index contributed by atoms with van der Waals surface area (Å²) in [6, 6.07) is 7.26. The molecule has 2 N–H and O–H groups in total. The molecule has 0 saturated carbocycles. The van der Waals surface area contributed by atoms with Gasteiger partial charge in [-0.2, -0.15) is 0 Å². The van der Waals surface area contributed by atoms with Crippen molar-refractivity contribution in [2.45, 2.75) is 32.4 Å². The van der Waals surface area contributed by atoms with E-state index in [0.717, 1.165) is 5.56 Å². The normalized spacial score (nSPS) is 11.2. The van der Waals surface area contributed by atoms with E-state index in [1.165, 1.54) is 0 Å². The highest BCUT2D eigenvalue weighted by atomic mass is 35.5. The van der Waals surface area contributed by atoms with E-state index in [-0.39, 0.29) is 19.0 Å². The molecule has 0 bridgehead atoms. The fourth-order valence-electron chi connectivity index (χ4n) is 1.20. The largest absolute Gasteiger partial charge is 0.461 e. The Kier molecular flexibility index (Phi) is 4.33. The Morgan fingerprint density at radius 1 is 1.44 bits per heavy atom. The lowest BCUT2D eigenvalue weighted by Crippen LogP contribution is -2.35. The second-order valence-corrected chi connectivity index (χ2v) is 4.82. The second-order valence-electron chi connectivity index (χ2n) is 4.42. The molecule has 1 aromatic carbocycles. The standard InChI is InChI=1S/C12H16ClNO2/c1-12(2,14)7-11(15)16-8-9-5-3-4-6-10(9)13/h3-6H,7-8,14H2,1-2H3. The third kappa shape index (κ3) is 4.64. The van der Waals surface area contributed by atoms with Gasteiger partial charge in [0.25, 0.3) is 0 Å². The van der Waals surface area contributed by atoms with E-state index in [1.54, 1.807) is 19.9 Å². The Labute approximate surface area is 101 Å². The Morgan fingerprint density at radius 3 is 2.62 bits per heavy atom. The first kappa shape index (κ1) is 13.0. The van der Waals surface area contributed by atoms with Gasteiger partial charge in [0.2, 0.25) is 0 Å². The molecule has 0 amide bonds. The molecule has 0 fully saturated rings. The minimum atomic E-state index is -0.544. The van der Waals surface area contributed by atoms with Crippen molar-refractivity contribution >= 4 is 17.6 Å². The van der Waals surface area contributed by atoms with Crippen LogP contribution in [0.3, 0.4) is 0 Å². The predicted octanol–water partition coefficient (Wildman–Crippen LogP) is 2.51. The maximum absolute atomic E-state index is 11.4. The minimum absolute atomic E-state index is 0.189. The Hall–Kier alpha value is -1.06. The SMILES string of the molecule is CC(C)(N)CC(=O)OCc1ccccc1Cl. The van der Waals surface area contributed by atoms with Gasteiger partial charge < -0.3 is 10.5 Å². The molecule has 0 aliphatic rings. The Bertz CT molecular complexity index is 372. The summed E-state index contributed by atoms with van der Waals surface area (Å²) in [5.74, 6) is -0.313. The molecule has 0 aliphatic heterocycles. The summed E-state index contributed by atoms with van der Waals surface area (Å²) in [6.45, 7) is 3.75. The molecule has 1 aromatic rings. The van der Waals surface area contributed by atoms with Crippen LogP contribution in [0.4, 0.5) is 0 Å². The van der Waals surface area contributed by atoms with Crippen LogP contribution in [-0.2, 0) is 16.1 Å². The number of rotatable bonds is 4. The lowest BCUT2D eigenvalue weighted by atomic mass is 10.0. The first-order valence-corrected chi connectivity index (χ1v) is 5.44. The highest BCUT2D eigenvalue weighted by Crippen LogP contribution is 2.16. The monoisotopic (exact) mass is 241 g/mol. The maximum Gasteiger partial charge on any atom is 0.307 e. The molecular weight excluding hydrogens is 226 g/mol. The van der Waals surface area contributed by atoms with Crippen LogP contribution in [0.25, 0.3) is 0 Å². The number of ether oxygens (including phenoxy) is 1. The van der Waals surface area contributed by atoms with Crippen LogP contribution in [0.1, 0.15) is 25.8 Å². The summed E-state index contributed by atoms with van der Waals surface area (Å²) in [5.41, 5.74) is 5.96. The average Bonchev–Trinajstić information content (AvgIpc) is 2.14. The van der Waals surface area contributed by atoms with Crippen molar-refractivity contribution in [2.75, 3.05) is 0 Å². The highest BCUT2D eigenvalue weighted by molar-refractivity contribution is 6.31. The maximum atomic E-state index is 11.4. The molecule has 0 spiro atoms. The number of carbonyl (C=O) groups is 1. The van der Waals surface area contributed by atoms with Gasteiger partial charge in [0.05, 0.1) is 6.42 Å². The van der Waals surface area contributed by atoms with E-state index in [4.69, 9.17) is 22.1 Å². The molecule has 3 nitrogen and oxygen atoms in total. The molecule has 0 aromatic heterocycles. The summed E-state index contributed by atoms with van der Waals surface area (Å²) in [5, 5.41) is 0.599. The Morgan fingerprint density at radius 2 is 2.06 bits per heavy atom. The van der Waals surface area contributed by atoms with Gasteiger partial charge in [-0.1, -0.05) is 29.8 Å². The molecule has 16 heavy (non-hydrogen) atoms. The number of hydrogen-bond donors (Lipinski definition) is 1. The van der Waals surface area contributed by atoms with Crippen LogP contribution >= 0.6 is 11.6 Å². The number of esters is 1. The van der Waals surface area contributed by atoms with Crippen LogP contribution in [0.2, 0.25) is 5.02 Å². The molecule has 0 heterocycles. The van der Waals surface area contributed by atoms with Gasteiger partial charge in [-0.05, 0) is 19.9 Å². The number of hydrogen-bond acceptors (Lipinski definition) is 3. The zero-order valence-corrected chi connectivity index (χ0v) is 10.3. The molecule has 0 atom stereocenters. The van der Waals surface area contributed by atoms with Crippen molar-refractivity contribution in [3.63, 3.8) is 0 Å². The van der Waals surface area contributed by atoms with Gasteiger partial charge in [-0.15, -0.1) is 0 Å². The van der Waals surface area contributed by atoms with Crippen LogP contribution < -0.4 is 5.73 Å². The van der Waals surface area contributed by atoms with Gasteiger partial charge in [-0.25, -0.2) is 0 Å². The number of nitrogens with two attached hydrogens (primary N) is 1. The lowest BCUT2D eigenvalue weighted by Gasteiger charge is -2.17. The van der Waals surface area contributed by atoms with Crippen LogP contribution in [0.15, 0.2) is 24.3 Å².